The van der Waals surface area contributed by atoms with Crippen LogP contribution < -0.4 is 4.74 Å². The van der Waals surface area contributed by atoms with Gasteiger partial charge in [0.1, 0.15) is 23.9 Å². The number of fused-ring (bicyclic) bond motifs is 1. The summed E-state index contributed by atoms with van der Waals surface area (Å²) in [5.41, 5.74) is 2.78. The number of phenols is 1. The average Bonchev–Trinajstić information content (AvgIpc) is 3.09. The van der Waals surface area contributed by atoms with Gasteiger partial charge in [0.05, 0.1) is 16.6 Å². The number of nitrogens with one attached hydrogen (secondary N) is 1. The molecule has 1 heterocycles. The molecule has 142 valence electrons. The van der Waals surface area contributed by atoms with Crippen molar-refractivity contribution in [3.63, 3.8) is 0 Å². The van der Waals surface area contributed by atoms with Gasteiger partial charge in [0.25, 0.3) is 0 Å². The fourth-order valence-corrected chi connectivity index (χ4v) is 2.86. The van der Waals surface area contributed by atoms with E-state index in [0.29, 0.717) is 11.6 Å². The molecule has 0 saturated heterocycles. The molecular formula is C21H15F3N2O2. The first-order valence-corrected chi connectivity index (χ1v) is 8.46. The molecule has 0 atom stereocenters. The van der Waals surface area contributed by atoms with E-state index in [4.69, 9.17) is 4.74 Å². The highest BCUT2D eigenvalue weighted by Crippen LogP contribution is 2.30. The summed E-state index contributed by atoms with van der Waals surface area (Å²) in [6.45, 7) is 0.106. The topological polar surface area (TPSA) is 58.1 Å². The third-order valence-corrected chi connectivity index (χ3v) is 4.29. The molecule has 28 heavy (non-hydrogen) atoms. The number of ether oxygens (including phenoxy) is 1. The Labute approximate surface area is 158 Å². The maximum absolute atomic E-state index is 12.6. The summed E-state index contributed by atoms with van der Waals surface area (Å²) < 4.78 is 43.3. The van der Waals surface area contributed by atoms with Gasteiger partial charge in [-0.1, -0.05) is 18.2 Å². The Morgan fingerprint density at radius 2 is 1.57 bits per heavy atom. The monoisotopic (exact) mass is 384 g/mol. The van der Waals surface area contributed by atoms with Crippen molar-refractivity contribution in [2.24, 2.45) is 0 Å². The van der Waals surface area contributed by atoms with Gasteiger partial charge >= 0.3 is 6.18 Å². The summed E-state index contributed by atoms with van der Waals surface area (Å²) >= 11 is 0. The Kier molecular flexibility index (Phi) is 4.43. The van der Waals surface area contributed by atoms with Crippen LogP contribution in [0.3, 0.4) is 0 Å². The van der Waals surface area contributed by atoms with Crippen LogP contribution in [0.5, 0.6) is 11.5 Å². The summed E-state index contributed by atoms with van der Waals surface area (Å²) in [7, 11) is 0. The van der Waals surface area contributed by atoms with Crippen molar-refractivity contribution in [2.45, 2.75) is 12.8 Å². The van der Waals surface area contributed by atoms with Crippen molar-refractivity contribution in [3.8, 4) is 22.6 Å². The molecule has 0 aliphatic carbocycles. The second-order valence-corrected chi connectivity index (χ2v) is 6.27. The Morgan fingerprint density at radius 3 is 2.25 bits per heavy atom. The number of aromatic hydroxyl groups is 1. The smallest absolute Gasteiger partial charge is 0.416 e. The van der Waals surface area contributed by atoms with Gasteiger partial charge in [0, 0.05) is 0 Å². The van der Waals surface area contributed by atoms with Gasteiger partial charge in [-0.15, -0.1) is 0 Å². The highest BCUT2D eigenvalue weighted by Gasteiger charge is 2.30. The Bertz CT molecular complexity index is 1100. The molecule has 4 rings (SSSR count). The zero-order valence-electron chi connectivity index (χ0n) is 14.5. The van der Waals surface area contributed by atoms with E-state index in [-0.39, 0.29) is 12.4 Å². The van der Waals surface area contributed by atoms with Crippen LogP contribution in [-0.4, -0.2) is 15.1 Å². The number of imidazole rings is 1. The highest BCUT2D eigenvalue weighted by molar-refractivity contribution is 5.82. The van der Waals surface area contributed by atoms with E-state index < -0.39 is 11.7 Å². The number of aromatic nitrogens is 2. The number of aromatic amines is 1. The first-order valence-electron chi connectivity index (χ1n) is 8.46. The number of halogens is 3. The van der Waals surface area contributed by atoms with Crippen molar-refractivity contribution in [1.29, 1.82) is 0 Å². The van der Waals surface area contributed by atoms with Crippen LogP contribution >= 0.6 is 0 Å². The van der Waals surface area contributed by atoms with Crippen LogP contribution in [0.1, 0.15) is 11.4 Å². The van der Waals surface area contributed by atoms with E-state index in [2.05, 4.69) is 9.97 Å². The van der Waals surface area contributed by atoms with Crippen LogP contribution in [0.15, 0.2) is 66.7 Å². The SMILES string of the molecule is Oc1ccc(-c2ccc3nc(COc4ccc(C(F)(F)F)cc4)[nH]c3c2)cc1. The molecule has 0 spiro atoms. The van der Waals surface area contributed by atoms with Crippen LogP contribution in [-0.2, 0) is 12.8 Å². The first kappa shape index (κ1) is 17.9. The van der Waals surface area contributed by atoms with Crippen LogP contribution in [0.2, 0.25) is 0 Å². The number of H-pyrrole nitrogens is 1. The molecule has 1 aromatic heterocycles. The zero-order valence-corrected chi connectivity index (χ0v) is 14.5. The number of alkyl halides is 3. The molecule has 4 aromatic rings. The lowest BCUT2D eigenvalue weighted by atomic mass is 10.1. The summed E-state index contributed by atoms with van der Waals surface area (Å²) in [6.07, 6.45) is -4.37. The summed E-state index contributed by atoms with van der Waals surface area (Å²) in [4.78, 5) is 7.59. The van der Waals surface area contributed by atoms with Gasteiger partial charge in [-0.3, -0.25) is 0 Å². The lowest BCUT2D eigenvalue weighted by Gasteiger charge is -2.08. The number of benzene rings is 3. The van der Waals surface area contributed by atoms with Crippen LogP contribution in [0.4, 0.5) is 13.2 Å². The van der Waals surface area contributed by atoms with Gasteiger partial charge in [-0.25, -0.2) is 4.98 Å². The minimum Gasteiger partial charge on any atom is -0.508 e. The van der Waals surface area contributed by atoms with Gasteiger partial charge in [-0.2, -0.15) is 13.2 Å². The van der Waals surface area contributed by atoms with Gasteiger partial charge in [0.15, 0.2) is 0 Å². The number of phenolic OH excluding ortho intramolecular Hbond substituents is 1. The Balaban J connectivity index is 1.49. The third kappa shape index (κ3) is 3.78. The van der Waals surface area contributed by atoms with Crippen molar-refractivity contribution < 1.29 is 23.0 Å². The molecule has 0 bridgehead atoms. The second-order valence-electron chi connectivity index (χ2n) is 6.27. The second kappa shape index (κ2) is 6.92. The van der Waals surface area contributed by atoms with Crippen molar-refractivity contribution in [1.82, 2.24) is 9.97 Å². The quantitative estimate of drug-likeness (QED) is 0.486. The molecule has 0 saturated carbocycles. The number of hydrogen-bond donors (Lipinski definition) is 2. The van der Waals surface area contributed by atoms with E-state index in [1.807, 2.05) is 30.3 Å². The molecule has 0 fully saturated rings. The van der Waals surface area contributed by atoms with Gasteiger partial charge in [-0.05, 0) is 59.7 Å². The molecule has 0 aliphatic heterocycles. The lowest BCUT2D eigenvalue weighted by Crippen LogP contribution is -2.04. The van der Waals surface area contributed by atoms with Crippen molar-refractivity contribution >= 4 is 11.0 Å². The number of rotatable bonds is 4. The van der Waals surface area contributed by atoms with E-state index in [9.17, 15) is 18.3 Å². The fourth-order valence-electron chi connectivity index (χ4n) is 2.86. The predicted octanol–water partition coefficient (Wildman–Crippen LogP) is 5.53. The summed E-state index contributed by atoms with van der Waals surface area (Å²) in [5, 5.41) is 9.40. The fraction of sp³-hybridized carbons (Fsp3) is 0.0952. The standard InChI is InChI=1S/C21H15F3N2O2/c22-21(23,24)15-4-8-17(9-5-15)28-12-20-25-18-10-3-14(11-19(18)26-20)13-1-6-16(27)7-2-13/h1-11,27H,12H2,(H,25,26). The van der Waals surface area contributed by atoms with Crippen LogP contribution in [0, 0.1) is 0 Å². The highest BCUT2D eigenvalue weighted by atomic mass is 19.4. The molecular weight excluding hydrogens is 369 g/mol. The molecule has 4 nitrogen and oxygen atoms in total. The summed E-state index contributed by atoms with van der Waals surface area (Å²) in [6, 6.07) is 17.2. The number of hydrogen-bond acceptors (Lipinski definition) is 3. The van der Waals surface area contributed by atoms with Crippen molar-refractivity contribution in [2.75, 3.05) is 0 Å². The maximum Gasteiger partial charge on any atom is 0.416 e. The molecule has 3 aromatic carbocycles. The molecule has 2 N–H and O–H groups in total. The zero-order chi connectivity index (χ0) is 19.7. The van der Waals surface area contributed by atoms with E-state index >= 15 is 0 Å². The normalized spacial score (nSPS) is 11.7. The van der Waals surface area contributed by atoms with Gasteiger partial charge in [0.2, 0.25) is 0 Å². The Hall–Kier alpha value is -3.48. The largest absolute Gasteiger partial charge is 0.508 e. The maximum atomic E-state index is 12.6. The minimum absolute atomic E-state index is 0.106. The van der Waals surface area contributed by atoms with Crippen molar-refractivity contribution in [3.05, 3.63) is 78.1 Å². The average molecular weight is 384 g/mol. The van der Waals surface area contributed by atoms with E-state index in [0.717, 1.165) is 34.3 Å². The van der Waals surface area contributed by atoms with Crippen LogP contribution in [0.25, 0.3) is 22.2 Å². The lowest BCUT2D eigenvalue weighted by molar-refractivity contribution is -0.137. The van der Waals surface area contributed by atoms with E-state index in [1.165, 1.54) is 12.1 Å². The summed E-state index contributed by atoms with van der Waals surface area (Å²) in [5.74, 6) is 1.10. The first-order chi connectivity index (χ1) is 13.4. The predicted molar refractivity (Wildman–Crippen MR) is 99.0 cm³/mol. The third-order valence-electron chi connectivity index (χ3n) is 4.29. The number of nitrogens with zero attached hydrogens (tertiary/aromatic N) is 1. The van der Waals surface area contributed by atoms with E-state index in [1.54, 1.807) is 12.1 Å². The molecule has 0 unspecified atom stereocenters. The Morgan fingerprint density at radius 1 is 0.893 bits per heavy atom. The van der Waals surface area contributed by atoms with Gasteiger partial charge < -0.3 is 14.8 Å². The molecule has 0 aliphatic rings. The minimum atomic E-state index is -4.37. The molecule has 0 amide bonds. The molecule has 0 radical (unpaired) electrons. The molecule has 7 heteroatoms.